The zero-order chi connectivity index (χ0) is 16.7. The zero-order valence-corrected chi connectivity index (χ0v) is 13.6. The number of halogens is 3. The summed E-state index contributed by atoms with van der Waals surface area (Å²) in [6.45, 7) is 1.83. The minimum absolute atomic E-state index is 0.00918. The number of imidazole rings is 1. The molecule has 4 nitrogen and oxygen atoms in total. The van der Waals surface area contributed by atoms with Crippen molar-refractivity contribution in [2.24, 2.45) is 0 Å². The van der Waals surface area contributed by atoms with Crippen molar-refractivity contribution < 1.29 is 18.7 Å². The van der Waals surface area contributed by atoms with E-state index in [-0.39, 0.29) is 27.1 Å². The van der Waals surface area contributed by atoms with Crippen molar-refractivity contribution >= 4 is 27.4 Å². The van der Waals surface area contributed by atoms with Gasteiger partial charge in [0.05, 0.1) is 16.6 Å². The van der Waals surface area contributed by atoms with Crippen LogP contribution >= 0.6 is 15.9 Å². The summed E-state index contributed by atoms with van der Waals surface area (Å²) in [5, 5.41) is 9.27. The van der Waals surface area contributed by atoms with E-state index in [2.05, 4.69) is 20.9 Å². The van der Waals surface area contributed by atoms with Crippen molar-refractivity contribution in [3.05, 3.63) is 57.8 Å². The lowest BCUT2D eigenvalue weighted by Gasteiger charge is -2.07. The molecule has 7 heteroatoms. The molecule has 1 aromatic carbocycles. The summed E-state index contributed by atoms with van der Waals surface area (Å²) >= 11 is 3.20. The molecule has 118 valence electrons. The Balaban J connectivity index is 2.37. The summed E-state index contributed by atoms with van der Waals surface area (Å²) in [7, 11) is 0. The third kappa shape index (κ3) is 2.50. The number of carboxylic acids is 1. The van der Waals surface area contributed by atoms with E-state index >= 15 is 0 Å². The van der Waals surface area contributed by atoms with Crippen molar-refractivity contribution in [1.29, 1.82) is 0 Å². The van der Waals surface area contributed by atoms with Gasteiger partial charge in [0.15, 0.2) is 11.6 Å². The number of aryl methyl sites for hydroxylation is 1. The quantitative estimate of drug-likeness (QED) is 0.736. The number of fused-ring (bicyclic) bond motifs is 1. The van der Waals surface area contributed by atoms with Gasteiger partial charge in [0.1, 0.15) is 10.4 Å². The smallest absolute Gasteiger partial charge is 0.337 e. The van der Waals surface area contributed by atoms with Crippen LogP contribution in [0.2, 0.25) is 0 Å². The summed E-state index contributed by atoms with van der Waals surface area (Å²) in [6.07, 6.45) is 2.10. The Labute approximate surface area is 138 Å². The Hall–Kier alpha value is -2.28. The molecule has 0 saturated carbocycles. The van der Waals surface area contributed by atoms with Crippen LogP contribution in [-0.4, -0.2) is 20.5 Å². The summed E-state index contributed by atoms with van der Waals surface area (Å²) in [5.74, 6) is -2.96. The van der Waals surface area contributed by atoms with E-state index in [9.17, 15) is 18.7 Å². The van der Waals surface area contributed by atoms with E-state index in [1.54, 1.807) is 6.20 Å². The number of hydrogen-bond donors (Lipinski definition) is 1. The number of hydrogen-bond acceptors (Lipinski definition) is 2. The fraction of sp³-hybridized carbons (Fsp3) is 0.125. The average molecular weight is 381 g/mol. The van der Waals surface area contributed by atoms with Crippen molar-refractivity contribution in [1.82, 2.24) is 9.38 Å². The predicted octanol–water partition coefficient (Wildman–Crippen LogP) is 4.30. The van der Waals surface area contributed by atoms with Crippen LogP contribution in [0.25, 0.3) is 16.9 Å². The van der Waals surface area contributed by atoms with Crippen molar-refractivity contribution in [3.8, 4) is 11.4 Å². The monoisotopic (exact) mass is 380 g/mol. The number of benzene rings is 1. The number of aromatic carboxylic acids is 1. The predicted molar refractivity (Wildman–Crippen MR) is 84.6 cm³/mol. The van der Waals surface area contributed by atoms with Crippen LogP contribution in [0.4, 0.5) is 8.78 Å². The molecule has 3 rings (SSSR count). The largest absolute Gasteiger partial charge is 0.478 e. The molecule has 0 bridgehead atoms. The maximum atomic E-state index is 14.2. The maximum absolute atomic E-state index is 14.2. The van der Waals surface area contributed by atoms with E-state index in [0.717, 1.165) is 6.07 Å². The Morgan fingerprint density at radius 1 is 1.39 bits per heavy atom. The third-order valence-electron chi connectivity index (χ3n) is 3.59. The molecule has 23 heavy (non-hydrogen) atoms. The van der Waals surface area contributed by atoms with Gasteiger partial charge in [-0.1, -0.05) is 6.92 Å². The van der Waals surface area contributed by atoms with Gasteiger partial charge >= 0.3 is 5.97 Å². The second kappa shape index (κ2) is 5.73. The number of rotatable bonds is 3. The molecule has 3 aromatic rings. The molecule has 0 spiro atoms. The third-order valence-corrected chi connectivity index (χ3v) is 4.14. The lowest BCUT2D eigenvalue weighted by atomic mass is 10.1. The second-order valence-electron chi connectivity index (χ2n) is 4.96. The maximum Gasteiger partial charge on any atom is 0.337 e. The molecule has 0 unspecified atom stereocenters. The highest BCUT2D eigenvalue weighted by Crippen LogP contribution is 2.31. The molecule has 0 aliphatic rings. The molecule has 1 N–H and O–H groups in total. The molecule has 2 aromatic heterocycles. The van der Waals surface area contributed by atoms with E-state index < -0.39 is 17.6 Å². The van der Waals surface area contributed by atoms with Crippen LogP contribution in [0.1, 0.15) is 22.8 Å². The van der Waals surface area contributed by atoms with Crippen LogP contribution < -0.4 is 0 Å². The van der Waals surface area contributed by atoms with E-state index in [1.165, 1.54) is 22.6 Å². The number of nitrogens with zero attached hydrogens (tertiary/aromatic N) is 2. The van der Waals surface area contributed by atoms with Gasteiger partial charge < -0.3 is 5.11 Å². The van der Waals surface area contributed by atoms with Gasteiger partial charge in [-0.3, -0.25) is 4.40 Å². The standard InChI is InChI=1S/C16H11BrF2N2O2/c1-2-8-6-10(12(19)11(18)7-8)15-20-14(17)13-9(16(22)23)4-3-5-21(13)15/h3-7H,2H2,1H3,(H,22,23). The molecule has 0 saturated heterocycles. The second-order valence-corrected chi connectivity index (χ2v) is 5.72. The normalized spacial score (nSPS) is 11.1. The Morgan fingerprint density at radius 2 is 2.13 bits per heavy atom. The van der Waals surface area contributed by atoms with Crippen LogP contribution in [0.15, 0.2) is 35.1 Å². The fourth-order valence-corrected chi connectivity index (χ4v) is 3.04. The van der Waals surface area contributed by atoms with Crippen molar-refractivity contribution in [3.63, 3.8) is 0 Å². The summed E-state index contributed by atoms with van der Waals surface area (Å²) < 4.78 is 29.7. The molecule has 0 aliphatic carbocycles. The van der Waals surface area contributed by atoms with E-state index in [4.69, 9.17) is 0 Å². The first-order chi connectivity index (χ1) is 10.9. The first-order valence-electron chi connectivity index (χ1n) is 6.82. The highest BCUT2D eigenvalue weighted by molar-refractivity contribution is 9.10. The lowest BCUT2D eigenvalue weighted by molar-refractivity contribution is 0.0698. The van der Waals surface area contributed by atoms with Gasteiger partial charge in [-0.05, 0) is 52.2 Å². The Kier molecular flexibility index (Phi) is 3.89. The van der Waals surface area contributed by atoms with Gasteiger partial charge in [0.2, 0.25) is 0 Å². The molecule has 0 radical (unpaired) electrons. The molecule has 0 atom stereocenters. The van der Waals surface area contributed by atoms with Crippen LogP contribution in [0.5, 0.6) is 0 Å². The van der Waals surface area contributed by atoms with Gasteiger partial charge in [-0.2, -0.15) is 0 Å². The van der Waals surface area contributed by atoms with Crippen LogP contribution in [0.3, 0.4) is 0 Å². The molecular weight excluding hydrogens is 370 g/mol. The summed E-state index contributed by atoms with van der Waals surface area (Å²) in [4.78, 5) is 15.5. The van der Waals surface area contributed by atoms with Crippen LogP contribution in [-0.2, 0) is 6.42 Å². The van der Waals surface area contributed by atoms with E-state index in [1.807, 2.05) is 6.92 Å². The number of carbonyl (C=O) groups is 1. The Morgan fingerprint density at radius 3 is 2.78 bits per heavy atom. The highest BCUT2D eigenvalue weighted by atomic mass is 79.9. The molecular formula is C16H11BrF2N2O2. The first kappa shape index (κ1) is 15.6. The molecule has 0 aliphatic heterocycles. The SMILES string of the molecule is CCc1cc(F)c(F)c(-c2nc(Br)c3c(C(=O)O)cccn23)c1. The Bertz CT molecular complexity index is 937. The van der Waals surface area contributed by atoms with Gasteiger partial charge in [0, 0.05) is 6.20 Å². The number of carboxylic acid groups (broad SMARTS) is 1. The van der Waals surface area contributed by atoms with Gasteiger partial charge in [0.25, 0.3) is 0 Å². The number of aromatic nitrogens is 2. The van der Waals surface area contributed by atoms with Gasteiger partial charge in [-0.15, -0.1) is 0 Å². The van der Waals surface area contributed by atoms with Gasteiger partial charge in [-0.25, -0.2) is 18.6 Å². The minimum Gasteiger partial charge on any atom is -0.478 e. The van der Waals surface area contributed by atoms with Crippen molar-refractivity contribution in [2.45, 2.75) is 13.3 Å². The number of pyridine rings is 1. The summed E-state index contributed by atoms with van der Waals surface area (Å²) in [6, 6.07) is 5.61. The van der Waals surface area contributed by atoms with Crippen LogP contribution in [0, 0.1) is 11.6 Å². The highest BCUT2D eigenvalue weighted by Gasteiger charge is 2.21. The summed E-state index contributed by atoms with van der Waals surface area (Å²) in [5.41, 5.74) is 0.925. The first-order valence-corrected chi connectivity index (χ1v) is 7.61. The average Bonchev–Trinajstić information content (AvgIpc) is 2.87. The lowest BCUT2D eigenvalue weighted by Crippen LogP contribution is -2.01. The topological polar surface area (TPSA) is 54.6 Å². The van der Waals surface area contributed by atoms with E-state index in [0.29, 0.717) is 12.0 Å². The zero-order valence-electron chi connectivity index (χ0n) is 12.0. The molecule has 0 fully saturated rings. The fourth-order valence-electron chi connectivity index (χ4n) is 2.47. The minimum atomic E-state index is -1.13. The molecule has 2 heterocycles. The molecule has 0 amide bonds. The van der Waals surface area contributed by atoms with Crippen molar-refractivity contribution in [2.75, 3.05) is 0 Å².